The summed E-state index contributed by atoms with van der Waals surface area (Å²) < 4.78 is 39.9. The van der Waals surface area contributed by atoms with Crippen molar-refractivity contribution in [2.75, 3.05) is 0 Å². The summed E-state index contributed by atoms with van der Waals surface area (Å²) >= 11 is 4.88. The summed E-state index contributed by atoms with van der Waals surface area (Å²) in [6, 6.07) is 2.08. The number of halogens is 3. The van der Waals surface area contributed by atoms with Crippen LogP contribution in [0.3, 0.4) is 0 Å². The molecule has 112 valence electrons. The van der Waals surface area contributed by atoms with Crippen LogP contribution in [0.1, 0.15) is 28.2 Å². The molecule has 0 bridgehead atoms. The first-order valence-corrected chi connectivity index (χ1v) is 6.45. The highest BCUT2D eigenvalue weighted by molar-refractivity contribution is 7.80. The summed E-state index contributed by atoms with van der Waals surface area (Å²) in [6.45, 7) is 5.36. The molecular weight excluding hydrogens is 301 g/mol. The summed E-state index contributed by atoms with van der Waals surface area (Å²) in [4.78, 5) is 3.63. The highest BCUT2D eigenvalue weighted by atomic mass is 32.1. The maximum absolute atomic E-state index is 12.8. The quantitative estimate of drug-likeness (QED) is 0.866. The first-order valence-electron chi connectivity index (χ1n) is 6.04. The predicted octanol–water partition coefficient (Wildman–Crippen LogP) is 2.85. The van der Waals surface area contributed by atoms with E-state index in [-0.39, 0.29) is 16.4 Å². The van der Waals surface area contributed by atoms with Gasteiger partial charge < -0.3 is 5.73 Å². The molecule has 0 atom stereocenters. The second-order valence-corrected chi connectivity index (χ2v) is 5.08. The fraction of sp³-hybridized carbons (Fsp3) is 0.308. The van der Waals surface area contributed by atoms with Crippen LogP contribution in [-0.4, -0.2) is 19.8 Å². The first kappa shape index (κ1) is 15.4. The summed E-state index contributed by atoms with van der Waals surface area (Å²) in [7, 11) is 0. The maximum atomic E-state index is 12.8. The van der Waals surface area contributed by atoms with E-state index in [1.54, 1.807) is 13.8 Å². The van der Waals surface area contributed by atoms with E-state index >= 15 is 0 Å². The van der Waals surface area contributed by atoms with E-state index in [2.05, 4.69) is 10.1 Å². The van der Waals surface area contributed by atoms with Gasteiger partial charge in [0, 0.05) is 5.69 Å². The van der Waals surface area contributed by atoms with E-state index < -0.39 is 11.9 Å². The molecule has 0 aliphatic carbocycles. The Labute approximate surface area is 124 Å². The minimum absolute atomic E-state index is 0.00831. The third-order valence-electron chi connectivity index (χ3n) is 3.28. The van der Waals surface area contributed by atoms with Crippen molar-refractivity contribution in [1.29, 1.82) is 0 Å². The Bertz CT molecular complexity index is 719. The van der Waals surface area contributed by atoms with E-state index in [0.29, 0.717) is 11.4 Å². The molecule has 2 aromatic heterocycles. The third kappa shape index (κ3) is 2.76. The number of nitrogens with two attached hydrogens (primary N) is 1. The van der Waals surface area contributed by atoms with Gasteiger partial charge in [-0.25, -0.2) is 9.67 Å². The molecule has 4 nitrogen and oxygen atoms in total. The van der Waals surface area contributed by atoms with Crippen LogP contribution in [0.15, 0.2) is 12.1 Å². The predicted molar refractivity (Wildman–Crippen MR) is 76.5 cm³/mol. The van der Waals surface area contributed by atoms with Gasteiger partial charge in [0.25, 0.3) is 0 Å². The van der Waals surface area contributed by atoms with Gasteiger partial charge in [-0.2, -0.15) is 18.3 Å². The molecular formula is C13H13F3N4S. The van der Waals surface area contributed by atoms with Gasteiger partial charge in [0.1, 0.15) is 10.7 Å². The molecule has 0 radical (unpaired) electrons. The Balaban J connectivity index is 2.75. The molecule has 0 unspecified atom stereocenters. The molecule has 0 saturated carbocycles. The van der Waals surface area contributed by atoms with Crippen molar-refractivity contribution in [3.8, 4) is 5.82 Å². The first-order chi connectivity index (χ1) is 9.62. The fourth-order valence-electron chi connectivity index (χ4n) is 1.89. The topological polar surface area (TPSA) is 56.7 Å². The van der Waals surface area contributed by atoms with Gasteiger partial charge in [0.05, 0.1) is 11.3 Å². The van der Waals surface area contributed by atoms with Crippen molar-refractivity contribution in [1.82, 2.24) is 14.8 Å². The number of aromatic nitrogens is 3. The van der Waals surface area contributed by atoms with Crippen LogP contribution in [-0.2, 0) is 6.18 Å². The number of hydrogen-bond acceptors (Lipinski definition) is 3. The number of rotatable bonds is 2. The van der Waals surface area contributed by atoms with Gasteiger partial charge in [-0.15, -0.1) is 0 Å². The number of thiocarbonyl (C=S) groups is 1. The molecule has 21 heavy (non-hydrogen) atoms. The summed E-state index contributed by atoms with van der Waals surface area (Å²) in [6.07, 6.45) is -4.55. The zero-order valence-corrected chi connectivity index (χ0v) is 12.4. The smallest absolute Gasteiger partial charge is 0.389 e. The van der Waals surface area contributed by atoms with Gasteiger partial charge in [-0.1, -0.05) is 12.2 Å². The van der Waals surface area contributed by atoms with Crippen LogP contribution >= 0.6 is 12.2 Å². The Kier molecular flexibility index (Phi) is 3.75. The van der Waals surface area contributed by atoms with Crippen LogP contribution < -0.4 is 5.73 Å². The minimum atomic E-state index is -4.55. The van der Waals surface area contributed by atoms with Crippen molar-refractivity contribution in [2.45, 2.75) is 26.9 Å². The molecule has 0 aliphatic rings. The van der Waals surface area contributed by atoms with Crippen molar-refractivity contribution >= 4 is 17.2 Å². The second-order valence-electron chi connectivity index (χ2n) is 4.64. The van der Waals surface area contributed by atoms with Gasteiger partial charge >= 0.3 is 6.18 Å². The highest BCUT2D eigenvalue weighted by Gasteiger charge is 2.33. The highest BCUT2D eigenvalue weighted by Crippen LogP contribution is 2.29. The van der Waals surface area contributed by atoms with Crippen molar-refractivity contribution in [2.24, 2.45) is 5.73 Å². The largest absolute Gasteiger partial charge is 0.433 e. The van der Waals surface area contributed by atoms with E-state index in [0.717, 1.165) is 11.6 Å². The second kappa shape index (κ2) is 5.10. The number of hydrogen-bond donors (Lipinski definition) is 1. The number of nitrogens with zero attached hydrogens (tertiary/aromatic N) is 3. The van der Waals surface area contributed by atoms with Gasteiger partial charge in [-0.05, 0) is 38.5 Å². The normalized spacial score (nSPS) is 11.7. The van der Waals surface area contributed by atoms with E-state index in [1.807, 2.05) is 6.92 Å². The lowest BCUT2D eigenvalue weighted by Gasteiger charge is -2.13. The van der Waals surface area contributed by atoms with Gasteiger partial charge in [0.15, 0.2) is 5.82 Å². The lowest BCUT2D eigenvalue weighted by molar-refractivity contribution is -0.141. The Morgan fingerprint density at radius 1 is 1.24 bits per heavy atom. The molecule has 0 aromatic carbocycles. The van der Waals surface area contributed by atoms with E-state index in [4.69, 9.17) is 18.0 Å². The van der Waals surface area contributed by atoms with Crippen LogP contribution in [0.2, 0.25) is 0 Å². The lowest BCUT2D eigenvalue weighted by atomic mass is 10.2. The molecule has 0 saturated heterocycles. The van der Waals surface area contributed by atoms with E-state index in [9.17, 15) is 13.2 Å². The molecule has 0 fully saturated rings. The summed E-state index contributed by atoms with van der Waals surface area (Å²) in [5, 5.41) is 4.22. The number of alkyl halides is 3. The van der Waals surface area contributed by atoms with Gasteiger partial charge in [-0.3, -0.25) is 0 Å². The van der Waals surface area contributed by atoms with E-state index in [1.165, 1.54) is 10.7 Å². The zero-order valence-electron chi connectivity index (χ0n) is 11.6. The SMILES string of the molecule is Cc1nn(-c2nc(C(F)(F)F)ccc2C(N)=S)c(C)c1C. The Morgan fingerprint density at radius 2 is 1.86 bits per heavy atom. The average molecular weight is 314 g/mol. The number of aryl methyl sites for hydroxylation is 1. The number of pyridine rings is 1. The lowest BCUT2D eigenvalue weighted by Crippen LogP contribution is -2.19. The van der Waals surface area contributed by atoms with Crippen LogP contribution in [0.5, 0.6) is 0 Å². The molecule has 2 aromatic rings. The standard InChI is InChI=1S/C13H13F3N4S/c1-6-7(2)19-20(8(6)3)12-9(11(17)21)4-5-10(18-12)13(14,15)16/h4-5H,1-3H3,(H2,17,21). The third-order valence-corrected chi connectivity index (χ3v) is 3.50. The van der Waals surface area contributed by atoms with Crippen LogP contribution in [0.4, 0.5) is 13.2 Å². The molecule has 0 amide bonds. The zero-order chi connectivity index (χ0) is 15.9. The van der Waals surface area contributed by atoms with Crippen LogP contribution in [0, 0.1) is 20.8 Å². The molecule has 2 rings (SSSR count). The van der Waals surface area contributed by atoms with Crippen molar-refractivity contribution in [3.05, 3.63) is 40.3 Å². The molecule has 2 N–H and O–H groups in total. The van der Waals surface area contributed by atoms with Crippen molar-refractivity contribution < 1.29 is 13.2 Å². The maximum Gasteiger partial charge on any atom is 0.433 e. The van der Waals surface area contributed by atoms with Crippen LogP contribution in [0.25, 0.3) is 5.82 Å². The van der Waals surface area contributed by atoms with Gasteiger partial charge in [0.2, 0.25) is 0 Å². The Morgan fingerprint density at radius 3 is 2.29 bits per heavy atom. The Hall–Kier alpha value is -1.96. The van der Waals surface area contributed by atoms with Crippen molar-refractivity contribution in [3.63, 3.8) is 0 Å². The summed E-state index contributed by atoms with van der Waals surface area (Å²) in [5.41, 5.74) is 7.10. The molecule has 8 heteroatoms. The fourth-order valence-corrected chi connectivity index (χ4v) is 2.05. The average Bonchev–Trinajstić information content (AvgIpc) is 2.64. The summed E-state index contributed by atoms with van der Waals surface area (Å²) in [5.74, 6) is -0.00831. The molecule has 0 aliphatic heterocycles. The molecule has 0 spiro atoms. The minimum Gasteiger partial charge on any atom is -0.389 e. The monoisotopic (exact) mass is 314 g/mol. The molecule has 2 heterocycles.